The number of benzene rings is 1. The Morgan fingerprint density at radius 2 is 2.15 bits per heavy atom. The van der Waals surface area contributed by atoms with Gasteiger partial charge in [-0.1, -0.05) is 17.7 Å². The van der Waals surface area contributed by atoms with Gasteiger partial charge < -0.3 is 9.72 Å². The van der Waals surface area contributed by atoms with Crippen LogP contribution in [0.1, 0.15) is 15.9 Å². The average molecular weight is 286 g/mol. The van der Waals surface area contributed by atoms with Crippen LogP contribution in [-0.4, -0.2) is 15.3 Å². The van der Waals surface area contributed by atoms with Gasteiger partial charge in [-0.3, -0.25) is 4.79 Å². The molecule has 0 unspecified atom stereocenters. The van der Waals surface area contributed by atoms with Crippen LogP contribution in [0.2, 0.25) is 5.02 Å². The lowest BCUT2D eigenvalue weighted by atomic mass is 10.2. The number of nitrogens with zero attached hydrogens (tertiary/aromatic N) is 2. The summed E-state index contributed by atoms with van der Waals surface area (Å²) in [6.45, 7) is 1.92. The summed E-state index contributed by atoms with van der Waals surface area (Å²) >= 11 is 6.05. The number of hydrogen-bond donors (Lipinski definition) is 1. The largest absolute Gasteiger partial charge is 0.322 e. The third-order valence-corrected chi connectivity index (χ3v) is 3.50. The molecule has 0 radical (unpaired) electrons. The summed E-state index contributed by atoms with van der Waals surface area (Å²) < 4.78 is 1.80. The molecule has 0 aliphatic carbocycles. The van der Waals surface area contributed by atoms with E-state index in [1.54, 1.807) is 28.9 Å². The highest BCUT2D eigenvalue weighted by Crippen LogP contribution is 2.21. The highest BCUT2D eigenvalue weighted by molar-refractivity contribution is 6.31. The molecule has 2 aromatic heterocycles. The molecule has 1 amide bonds. The zero-order valence-electron chi connectivity index (χ0n) is 10.8. The normalized spacial score (nSPS) is 10.7. The van der Waals surface area contributed by atoms with Crippen LogP contribution in [0.4, 0.5) is 5.69 Å². The molecule has 5 heteroatoms. The molecule has 20 heavy (non-hydrogen) atoms. The van der Waals surface area contributed by atoms with Gasteiger partial charge in [0.05, 0.1) is 5.56 Å². The van der Waals surface area contributed by atoms with E-state index in [1.807, 2.05) is 31.3 Å². The molecule has 0 aliphatic heterocycles. The van der Waals surface area contributed by atoms with Crippen LogP contribution in [0.5, 0.6) is 0 Å². The van der Waals surface area contributed by atoms with Crippen molar-refractivity contribution in [2.24, 2.45) is 0 Å². The van der Waals surface area contributed by atoms with Crippen LogP contribution in [0, 0.1) is 6.92 Å². The molecule has 0 fully saturated rings. The summed E-state index contributed by atoms with van der Waals surface area (Å²) in [4.78, 5) is 16.5. The quantitative estimate of drug-likeness (QED) is 0.783. The number of imidazole rings is 1. The van der Waals surface area contributed by atoms with Gasteiger partial charge in [0.2, 0.25) is 0 Å². The molecule has 1 aromatic carbocycles. The first-order valence-electron chi connectivity index (χ1n) is 6.14. The fourth-order valence-electron chi connectivity index (χ4n) is 1.99. The van der Waals surface area contributed by atoms with Crippen LogP contribution >= 0.6 is 11.6 Å². The molecule has 0 bridgehead atoms. The van der Waals surface area contributed by atoms with Crippen molar-refractivity contribution in [2.45, 2.75) is 6.92 Å². The molecule has 0 saturated carbocycles. The van der Waals surface area contributed by atoms with Crippen LogP contribution in [0.3, 0.4) is 0 Å². The van der Waals surface area contributed by atoms with Crippen molar-refractivity contribution in [3.05, 3.63) is 65.1 Å². The number of rotatable bonds is 2. The number of aryl methyl sites for hydroxylation is 1. The molecular weight excluding hydrogens is 274 g/mol. The number of hydrogen-bond acceptors (Lipinski definition) is 2. The molecule has 4 nitrogen and oxygen atoms in total. The van der Waals surface area contributed by atoms with E-state index in [-0.39, 0.29) is 5.91 Å². The van der Waals surface area contributed by atoms with Gasteiger partial charge in [-0.05, 0) is 36.8 Å². The SMILES string of the molecule is Cc1ccc(NC(=O)c2cccn3ccnc23)cc1Cl. The molecule has 100 valence electrons. The van der Waals surface area contributed by atoms with E-state index in [1.165, 1.54) is 0 Å². The highest BCUT2D eigenvalue weighted by atomic mass is 35.5. The lowest BCUT2D eigenvalue weighted by molar-refractivity contribution is 0.102. The van der Waals surface area contributed by atoms with Gasteiger partial charge in [-0.15, -0.1) is 0 Å². The Balaban J connectivity index is 1.93. The first-order chi connectivity index (χ1) is 9.65. The van der Waals surface area contributed by atoms with Crippen molar-refractivity contribution in [2.75, 3.05) is 5.32 Å². The summed E-state index contributed by atoms with van der Waals surface area (Å²) in [6.07, 6.45) is 5.31. The van der Waals surface area contributed by atoms with Gasteiger partial charge in [0.25, 0.3) is 5.91 Å². The van der Waals surface area contributed by atoms with E-state index in [0.29, 0.717) is 21.9 Å². The Labute approximate surface area is 121 Å². The van der Waals surface area contributed by atoms with E-state index in [4.69, 9.17) is 11.6 Å². The molecule has 3 rings (SSSR count). The Morgan fingerprint density at radius 1 is 1.30 bits per heavy atom. The highest BCUT2D eigenvalue weighted by Gasteiger charge is 2.11. The fraction of sp³-hybridized carbons (Fsp3) is 0.0667. The second kappa shape index (κ2) is 4.98. The summed E-state index contributed by atoms with van der Waals surface area (Å²) in [5.74, 6) is -0.207. The van der Waals surface area contributed by atoms with Crippen molar-refractivity contribution in [1.82, 2.24) is 9.38 Å². The average Bonchev–Trinajstić information content (AvgIpc) is 2.91. The molecule has 1 N–H and O–H groups in total. The zero-order valence-corrected chi connectivity index (χ0v) is 11.6. The number of fused-ring (bicyclic) bond motifs is 1. The molecule has 2 heterocycles. The lowest BCUT2D eigenvalue weighted by Gasteiger charge is -2.07. The number of amides is 1. The van der Waals surface area contributed by atoms with Crippen molar-refractivity contribution < 1.29 is 4.79 Å². The van der Waals surface area contributed by atoms with Crippen LogP contribution in [0.25, 0.3) is 5.65 Å². The molecule has 0 atom stereocenters. The summed E-state index contributed by atoms with van der Waals surface area (Å²) in [7, 11) is 0. The molecule has 3 aromatic rings. The second-order valence-electron chi connectivity index (χ2n) is 4.50. The maximum absolute atomic E-state index is 12.3. The van der Waals surface area contributed by atoms with E-state index >= 15 is 0 Å². The Hall–Kier alpha value is -2.33. The van der Waals surface area contributed by atoms with Gasteiger partial charge in [0.15, 0.2) is 0 Å². The Bertz CT molecular complexity index is 795. The molecular formula is C15H12ClN3O. The number of aromatic nitrogens is 2. The van der Waals surface area contributed by atoms with Gasteiger partial charge in [-0.2, -0.15) is 0 Å². The Kier molecular flexibility index (Phi) is 3.16. The number of pyridine rings is 1. The maximum Gasteiger partial charge on any atom is 0.259 e. The lowest BCUT2D eigenvalue weighted by Crippen LogP contribution is -2.13. The second-order valence-corrected chi connectivity index (χ2v) is 4.91. The van der Waals surface area contributed by atoms with Crippen LogP contribution in [-0.2, 0) is 0 Å². The molecule has 0 saturated heterocycles. The predicted molar refractivity (Wildman–Crippen MR) is 79.3 cm³/mol. The summed E-state index contributed by atoms with van der Waals surface area (Å²) in [5, 5.41) is 3.46. The third-order valence-electron chi connectivity index (χ3n) is 3.09. The van der Waals surface area contributed by atoms with E-state index in [9.17, 15) is 4.79 Å². The third kappa shape index (κ3) is 2.26. The van der Waals surface area contributed by atoms with Crippen LogP contribution in [0.15, 0.2) is 48.9 Å². The number of nitrogens with one attached hydrogen (secondary N) is 1. The van der Waals surface area contributed by atoms with Crippen molar-refractivity contribution >= 4 is 28.8 Å². The minimum absolute atomic E-state index is 0.207. The van der Waals surface area contributed by atoms with E-state index < -0.39 is 0 Å². The van der Waals surface area contributed by atoms with Crippen molar-refractivity contribution in [3.8, 4) is 0 Å². The first-order valence-corrected chi connectivity index (χ1v) is 6.52. The van der Waals surface area contributed by atoms with Gasteiger partial charge in [-0.25, -0.2) is 4.98 Å². The predicted octanol–water partition coefficient (Wildman–Crippen LogP) is 3.55. The standard InChI is InChI=1S/C15H12ClN3O/c1-10-4-5-11(9-13(10)16)18-15(20)12-3-2-7-19-8-6-17-14(12)19/h2-9H,1H3,(H,18,20). The number of anilines is 1. The fourth-order valence-corrected chi connectivity index (χ4v) is 2.18. The van der Waals surface area contributed by atoms with Gasteiger partial charge in [0.1, 0.15) is 5.65 Å². The van der Waals surface area contributed by atoms with E-state index in [2.05, 4.69) is 10.3 Å². The van der Waals surface area contributed by atoms with Gasteiger partial charge >= 0.3 is 0 Å². The Morgan fingerprint density at radius 3 is 2.95 bits per heavy atom. The molecule has 0 aliphatic rings. The minimum Gasteiger partial charge on any atom is -0.322 e. The molecule has 0 spiro atoms. The first kappa shape index (κ1) is 12.7. The number of carbonyl (C=O) groups is 1. The smallest absolute Gasteiger partial charge is 0.259 e. The minimum atomic E-state index is -0.207. The van der Waals surface area contributed by atoms with Crippen molar-refractivity contribution in [1.29, 1.82) is 0 Å². The number of halogens is 1. The summed E-state index contributed by atoms with van der Waals surface area (Å²) in [6, 6.07) is 8.98. The van der Waals surface area contributed by atoms with Crippen molar-refractivity contribution in [3.63, 3.8) is 0 Å². The van der Waals surface area contributed by atoms with Crippen LogP contribution < -0.4 is 5.32 Å². The van der Waals surface area contributed by atoms with E-state index in [0.717, 1.165) is 5.56 Å². The number of carbonyl (C=O) groups excluding carboxylic acids is 1. The monoisotopic (exact) mass is 285 g/mol. The maximum atomic E-state index is 12.3. The van der Waals surface area contributed by atoms with Gasteiger partial charge in [0, 0.05) is 29.3 Å². The zero-order chi connectivity index (χ0) is 14.1. The topological polar surface area (TPSA) is 46.4 Å². The summed E-state index contributed by atoms with van der Waals surface area (Å²) in [5.41, 5.74) is 2.79.